The fourth-order valence-corrected chi connectivity index (χ4v) is 3.45. The van der Waals surface area contributed by atoms with Gasteiger partial charge >= 0.3 is 0 Å². The molecule has 1 amide bonds. The molecule has 25 heavy (non-hydrogen) atoms. The van der Waals surface area contributed by atoms with Crippen LogP contribution >= 0.6 is 0 Å². The van der Waals surface area contributed by atoms with Gasteiger partial charge in [-0.05, 0) is 24.6 Å². The zero-order valence-electron chi connectivity index (χ0n) is 14.9. The van der Waals surface area contributed by atoms with Crippen LogP contribution < -0.4 is 0 Å². The number of morpholine rings is 1. The lowest BCUT2D eigenvalue weighted by Crippen LogP contribution is -2.52. The van der Waals surface area contributed by atoms with Crippen molar-refractivity contribution >= 4 is 5.91 Å². The topological polar surface area (TPSA) is 69.1 Å². The van der Waals surface area contributed by atoms with Gasteiger partial charge in [0.25, 0.3) is 0 Å². The molecular formula is C18H28N4O3. The van der Waals surface area contributed by atoms with Crippen LogP contribution in [0, 0.1) is 6.92 Å². The normalized spacial score (nSPS) is 23.0. The van der Waals surface area contributed by atoms with Crippen molar-refractivity contribution in [3.05, 3.63) is 29.6 Å². The third kappa shape index (κ3) is 4.98. The molecule has 0 bridgehead atoms. The van der Waals surface area contributed by atoms with Gasteiger partial charge in [0, 0.05) is 51.2 Å². The van der Waals surface area contributed by atoms with Crippen LogP contribution in [0.5, 0.6) is 0 Å². The molecule has 1 aromatic rings. The SMILES string of the molecule is Cc1cc([C@H]2CN(C(=O)CN3CCN(CCO)CC3)CCO2)ccn1. The number of rotatable bonds is 5. The smallest absolute Gasteiger partial charge is 0.236 e. The van der Waals surface area contributed by atoms with Crippen molar-refractivity contribution < 1.29 is 14.6 Å². The number of hydrogen-bond donors (Lipinski definition) is 1. The van der Waals surface area contributed by atoms with Crippen molar-refractivity contribution in [1.82, 2.24) is 19.7 Å². The molecule has 1 aromatic heterocycles. The Bertz CT molecular complexity index is 575. The first kappa shape index (κ1) is 18.3. The number of aryl methyl sites for hydroxylation is 1. The summed E-state index contributed by atoms with van der Waals surface area (Å²) in [5.74, 6) is 0.176. The summed E-state index contributed by atoms with van der Waals surface area (Å²) in [4.78, 5) is 23.3. The number of amides is 1. The van der Waals surface area contributed by atoms with E-state index < -0.39 is 0 Å². The first-order valence-corrected chi connectivity index (χ1v) is 9.03. The van der Waals surface area contributed by atoms with Gasteiger partial charge in [-0.25, -0.2) is 0 Å². The van der Waals surface area contributed by atoms with Gasteiger partial charge in [0.1, 0.15) is 6.10 Å². The largest absolute Gasteiger partial charge is 0.395 e. The minimum absolute atomic E-state index is 0.0687. The summed E-state index contributed by atoms with van der Waals surface area (Å²) in [6.07, 6.45) is 1.72. The maximum absolute atomic E-state index is 12.7. The molecule has 0 spiro atoms. The number of hydrogen-bond acceptors (Lipinski definition) is 6. The number of carbonyl (C=O) groups excluding carboxylic acids is 1. The molecule has 0 unspecified atom stereocenters. The van der Waals surface area contributed by atoms with Gasteiger partial charge in [0.2, 0.25) is 5.91 Å². The number of aromatic nitrogens is 1. The number of pyridine rings is 1. The van der Waals surface area contributed by atoms with E-state index in [1.54, 1.807) is 6.20 Å². The first-order chi connectivity index (χ1) is 12.2. The Labute approximate surface area is 149 Å². The van der Waals surface area contributed by atoms with Crippen molar-refractivity contribution in [2.75, 3.05) is 65.6 Å². The minimum atomic E-state index is -0.0687. The fourth-order valence-electron chi connectivity index (χ4n) is 3.45. The molecule has 7 heteroatoms. The van der Waals surface area contributed by atoms with Crippen LogP contribution in [0.15, 0.2) is 18.3 Å². The number of β-amino-alcohol motifs (C(OH)–C–C–N with tert-alkyl or cyclic N) is 1. The fraction of sp³-hybridized carbons (Fsp3) is 0.667. The lowest BCUT2D eigenvalue weighted by atomic mass is 10.1. The predicted molar refractivity (Wildman–Crippen MR) is 94.2 cm³/mol. The average Bonchev–Trinajstić information content (AvgIpc) is 2.64. The zero-order chi connectivity index (χ0) is 17.6. The molecule has 1 N–H and O–H groups in total. The van der Waals surface area contributed by atoms with Gasteiger partial charge < -0.3 is 14.7 Å². The van der Waals surface area contributed by atoms with E-state index in [0.717, 1.165) is 44.0 Å². The molecule has 138 valence electrons. The summed E-state index contributed by atoms with van der Waals surface area (Å²) in [5.41, 5.74) is 2.05. The molecule has 7 nitrogen and oxygen atoms in total. The number of aliphatic hydroxyl groups excluding tert-OH is 1. The van der Waals surface area contributed by atoms with Crippen LogP contribution in [0.1, 0.15) is 17.4 Å². The zero-order valence-corrected chi connectivity index (χ0v) is 14.9. The van der Waals surface area contributed by atoms with E-state index in [0.29, 0.717) is 26.2 Å². The lowest BCUT2D eigenvalue weighted by molar-refractivity contribution is -0.140. The van der Waals surface area contributed by atoms with Crippen LogP contribution in [0.3, 0.4) is 0 Å². The quantitative estimate of drug-likeness (QED) is 0.801. The molecule has 0 saturated carbocycles. The lowest BCUT2D eigenvalue weighted by Gasteiger charge is -2.37. The second-order valence-electron chi connectivity index (χ2n) is 6.77. The molecule has 0 aromatic carbocycles. The molecule has 2 saturated heterocycles. The molecular weight excluding hydrogens is 320 g/mol. The minimum Gasteiger partial charge on any atom is -0.395 e. The first-order valence-electron chi connectivity index (χ1n) is 9.03. The van der Waals surface area contributed by atoms with E-state index in [9.17, 15) is 4.79 Å². The van der Waals surface area contributed by atoms with E-state index in [-0.39, 0.29) is 18.6 Å². The third-order valence-electron chi connectivity index (χ3n) is 4.95. The standard InChI is InChI=1S/C18H28N4O3/c1-15-12-16(2-3-19-15)17-13-22(9-11-25-17)18(24)14-21-6-4-20(5-7-21)8-10-23/h2-3,12,17,23H,4-11,13-14H2,1H3/t17-/m1/s1. The van der Waals surface area contributed by atoms with Crippen molar-refractivity contribution in [2.45, 2.75) is 13.0 Å². The summed E-state index contributed by atoms with van der Waals surface area (Å²) in [6, 6.07) is 3.99. The van der Waals surface area contributed by atoms with E-state index in [1.165, 1.54) is 0 Å². The van der Waals surface area contributed by atoms with Gasteiger partial charge in [-0.15, -0.1) is 0 Å². The van der Waals surface area contributed by atoms with Crippen LogP contribution in [0.4, 0.5) is 0 Å². The van der Waals surface area contributed by atoms with Crippen molar-refractivity contribution in [2.24, 2.45) is 0 Å². The molecule has 3 rings (SSSR count). The monoisotopic (exact) mass is 348 g/mol. The Hall–Kier alpha value is -1.54. The summed E-state index contributed by atoms with van der Waals surface area (Å²) < 4.78 is 5.86. The Morgan fingerprint density at radius 2 is 2.04 bits per heavy atom. The molecule has 2 aliphatic heterocycles. The van der Waals surface area contributed by atoms with Crippen LogP contribution in [-0.4, -0.2) is 96.3 Å². The Balaban J connectivity index is 1.50. The molecule has 2 fully saturated rings. The molecule has 3 heterocycles. The van der Waals surface area contributed by atoms with Crippen molar-refractivity contribution in [3.63, 3.8) is 0 Å². The van der Waals surface area contributed by atoms with Gasteiger partial charge in [0.15, 0.2) is 0 Å². The summed E-state index contributed by atoms with van der Waals surface area (Å²) in [5, 5.41) is 9.00. The predicted octanol–water partition coefficient (Wildman–Crippen LogP) is -0.100. The Morgan fingerprint density at radius 3 is 2.76 bits per heavy atom. The van der Waals surface area contributed by atoms with Gasteiger partial charge in [-0.1, -0.05) is 0 Å². The third-order valence-corrected chi connectivity index (χ3v) is 4.95. The summed E-state index contributed by atoms with van der Waals surface area (Å²) in [6.45, 7) is 8.76. The Morgan fingerprint density at radius 1 is 1.28 bits per heavy atom. The van der Waals surface area contributed by atoms with E-state index in [4.69, 9.17) is 9.84 Å². The van der Waals surface area contributed by atoms with Crippen LogP contribution in [0.25, 0.3) is 0 Å². The molecule has 1 atom stereocenters. The van der Waals surface area contributed by atoms with Gasteiger partial charge in [-0.3, -0.25) is 19.6 Å². The average molecular weight is 348 g/mol. The molecule has 2 aliphatic rings. The van der Waals surface area contributed by atoms with Gasteiger partial charge in [0.05, 0.1) is 26.3 Å². The number of nitrogens with zero attached hydrogens (tertiary/aromatic N) is 4. The highest BCUT2D eigenvalue weighted by Crippen LogP contribution is 2.22. The number of carbonyl (C=O) groups is 1. The van der Waals surface area contributed by atoms with Gasteiger partial charge in [-0.2, -0.15) is 0 Å². The number of aliphatic hydroxyl groups is 1. The maximum atomic E-state index is 12.7. The second-order valence-corrected chi connectivity index (χ2v) is 6.77. The van der Waals surface area contributed by atoms with E-state index in [1.807, 2.05) is 24.0 Å². The highest BCUT2D eigenvalue weighted by molar-refractivity contribution is 5.78. The van der Waals surface area contributed by atoms with E-state index in [2.05, 4.69) is 14.8 Å². The molecule has 0 radical (unpaired) electrons. The highest BCUT2D eigenvalue weighted by Gasteiger charge is 2.27. The number of piperazine rings is 1. The highest BCUT2D eigenvalue weighted by atomic mass is 16.5. The second kappa shape index (κ2) is 8.71. The summed E-state index contributed by atoms with van der Waals surface area (Å²) in [7, 11) is 0. The maximum Gasteiger partial charge on any atom is 0.236 e. The Kier molecular flexibility index (Phi) is 6.36. The van der Waals surface area contributed by atoms with Crippen molar-refractivity contribution in [1.29, 1.82) is 0 Å². The van der Waals surface area contributed by atoms with Crippen molar-refractivity contribution in [3.8, 4) is 0 Å². The van der Waals surface area contributed by atoms with E-state index >= 15 is 0 Å². The van der Waals surface area contributed by atoms with Crippen LogP contribution in [-0.2, 0) is 9.53 Å². The summed E-state index contributed by atoms with van der Waals surface area (Å²) >= 11 is 0. The number of ether oxygens (including phenoxy) is 1. The molecule has 0 aliphatic carbocycles. The van der Waals surface area contributed by atoms with Crippen LogP contribution in [0.2, 0.25) is 0 Å².